The number of aromatic nitrogens is 3. The van der Waals surface area contributed by atoms with Crippen LogP contribution in [-0.2, 0) is 0 Å². The summed E-state index contributed by atoms with van der Waals surface area (Å²) in [6.45, 7) is 0. The topological polar surface area (TPSA) is 38.7 Å². The average molecular weight is 300 g/mol. The molecular weight excluding hydrogens is 294 g/mol. The van der Waals surface area contributed by atoms with Crippen molar-refractivity contribution in [3.8, 4) is 21.3 Å². The number of para-hydroxylation sites is 1. The number of hydrogen-bond acceptors (Lipinski definition) is 6. The van der Waals surface area contributed by atoms with Gasteiger partial charge >= 0.3 is 0 Å². The van der Waals surface area contributed by atoms with E-state index in [0.29, 0.717) is 0 Å². The van der Waals surface area contributed by atoms with Crippen molar-refractivity contribution in [3.05, 3.63) is 41.2 Å². The van der Waals surface area contributed by atoms with Gasteiger partial charge in [0.25, 0.3) is 0 Å². The molecule has 4 rings (SSSR count). The third-order valence-electron chi connectivity index (χ3n) is 2.69. The Morgan fingerprint density at radius 2 is 2.05 bits per heavy atom. The van der Waals surface area contributed by atoms with Gasteiger partial charge in [0.1, 0.15) is 10.7 Å². The Kier molecular flexibility index (Phi) is 2.65. The van der Waals surface area contributed by atoms with E-state index in [4.69, 9.17) is 0 Å². The fraction of sp³-hybridized carbons (Fsp3) is 0. The summed E-state index contributed by atoms with van der Waals surface area (Å²) in [5.74, 6) is 0. The second-order valence-electron chi connectivity index (χ2n) is 3.85. The molecule has 3 aromatic heterocycles. The highest BCUT2D eigenvalue weighted by Crippen LogP contribution is 2.37. The lowest BCUT2D eigenvalue weighted by molar-refractivity contribution is 1.36. The van der Waals surface area contributed by atoms with Crippen molar-refractivity contribution in [3.63, 3.8) is 0 Å². The van der Waals surface area contributed by atoms with Crippen LogP contribution < -0.4 is 0 Å². The minimum atomic E-state index is 0.886. The smallest absolute Gasteiger partial charge is 0.153 e. The van der Waals surface area contributed by atoms with Crippen LogP contribution in [0.3, 0.4) is 0 Å². The maximum atomic E-state index is 4.64. The summed E-state index contributed by atoms with van der Waals surface area (Å²) in [5, 5.41) is 2.90. The van der Waals surface area contributed by atoms with Crippen LogP contribution in [0.4, 0.5) is 0 Å². The molecule has 0 saturated carbocycles. The fourth-order valence-corrected chi connectivity index (χ4v) is 4.12. The van der Waals surface area contributed by atoms with Gasteiger partial charge in [0, 0.05) is 5.38 Å². The first kappa shape index (κ1) is 11.2. The van der Waals surface area contributed by atoms with Gasteiger partial charge in [-0.1, -0.05) is 12.1 Å². The van der Waals surface area contributed by atoms with Crippen LogP contribution in [0.25, 0.3) is 31.5 Å². The SMILES string of the molecule is [c]1nc(-c2nc3ccccc3s2)c(-c2ccsn2)s1. The molecule has 0 saturated heterocycles. The zero-order valence-electron chi connectivity index (χ0n) is 9.53. The third kappa shape index (κ3) is 1.88. The molecule has 0 atom stereocenters. The molecule has 1 radical (unpaired) electrons. The zero-order chi connectivity index (χ0) is 12.7. The van der Waals surface area contributed by atoms with Crippen molar-refractivity contribution >= 4 is 44.4 Å². The van der Waals surface area contributed by atoms with Crippen LogP contribution in [-0.4, -0.2) is 14.3 Å². The normalized spacial score (nSPS) is 11.2. The Bertz CT molecular complexity index is 797. The summed E-state index contributed by atoms with van der Waals surface area (Å²) < 4.78 is 5.54. The highest BCUT2D eigenvalue weighted by atomic mass is 32.1. The van der Waals surface area contributed by atoms with Crippen LogP contribution in [0.2, 0.25) is 0 Å². The molecular formula is C13H6N3S3. The molecule has 0 spiro atoms. The van der Waals surface area contributed by atoms with Crippen molar-refractivity contribution in [2.75, 3.05) is 0 Å². The summed E-state index contributed by atoms with van der Waals surface area (Å²) in [4.78, 5) is 10.0. The molecule has 3 heterocycles. The van der Waals surface area contributed by atoms with Crippen molar-refractivity contribution < 1.29 is 0 Å². The minimum absolute atomic E-state index is 0.886. The van der Waals surface area contributed by atoms with Crippen LogP contribution in [0, 0.1) is 5.51 Å². The van der Waals surface area contributed by atoms with E-state index in [1.165, 1.54) is 27.6 Å². The standard InChI is InChI=1S/C13H6N3S3/c1-2-4-10-8(3-1)15-13(19-10)11-12(17-7-14-11)9-5-6-18-16-9/h1-6H. The lowest BCUT2D eigenvalue weighted by Gasteiger charge is -1.93. The lowest BCUT2D eigenvalue weighted by Crippen LogP contribution is -1.80. The van der Waals surface area contributed by atoms with E-state index < -0.39 is 0 Å². The van der Waals surface area contributed by atoms with Gasteiger partial charge in [-0.15, -0.1) is 22.7 Å². The van der Waals surface area contributed by atoms with Gasteiger partial charge in [-0.3, -0.25) is 0 Å². The van der Waals surface area contributed by atoms with E-state index >= 15 is 0 Å². The quantitative estimate of drug-likeness (QED) is 0.552. The van der Waals surface area contributed by atoms with Crippen molar-refractivity contribution in [1.82, 2.24) is 14.3 Å². The minimum Gasteiger partial charge on any atom is -0.234 e. The number of thiazole rings is 2. The summed E-state index contributed by atoms with van der Waals surface area (Å²) in [7, 11) is 0. The van der Waals surface area contributed by atoms with Crippen molar-refractivity contribution in [1.29, 1.82) is 0 Å². The molecule has 3 nitrogen and oxygen atoms in total. The fourth-order valence-electron chi connectivity index (χ4n) is 1.83. The van der Waals surface area contributed by atoms with Crippen LogP contribution in [0.1, 0.15) is 0 Å². The van der Waals surface area contributed by atoms with Crippen LogP contribution in [0.5, 0.6) is 0 Å². The Labute approximate surface area is 121 Å². The third-order valence-corrected chi connectivity index (χ3v) is 5.08. The summed E-state index contributed by atoms with van der Waals surface area (Å²) in [5.41, 5.74) is 5.81. The Hall–Kier alpha value is -1.63. The summed E-state index contributed by atoms with van der Waals surface area (Å²) in [6, 6.07) is 10.1. The molecule has 6 heteroatoms. The first-order chi connectivity index (χ1) is 9.42. The Balaban J connectivity index is 1.91. The zero-order valence-corrected chi connectivity index (χ0v) is 12.0. The van der Waals surface area contributed by atoms with Gasteiger partial charge in [0.2, 0.25) is 0 Å². The molecule has 0 aliphatic rings. The molecule has 0 bridgehead atoms. The highest BCUT2D eigenvalue weighted by Gasteiger charge is 2.16. The van der Waals surface area contributed by atoms with Crippen molar-refractivity contribution in [2.45, 2.75) is 0 Å². The average Bonchev–Trinajstić information content (AvgIpc) is 3.17. The van der Waals surface area contributed by atoms with Gasteiger partial charge in [-0.2, -0.15) is 4.37 Å². The second-order valence-corrected chi connectivity index (χ2v) is 6.35. The van der Waals surface area contributed by atoms with Crippen LogP contribution >= 0.6 is 34.2 Å². The van der Waals surface area contributed by atoms with E-state index in [1.54, 1.807) is 11.3 Å². The van der Waals surface area contributed by atoms with Gasteiger partial charge < -0.3 is 0 Å². The number of nitrogens with zero attached hydrogens (tertiary/aromatic N) is 3. The molecule has 0 fully saturated rings. The predicted octanol–water partition coefficient (Wildman–Crippen LogP) is 4.34. The largest absolute Gasteiger partial charge is 0.234 e. The highest BCUT2D eigenvalue weighted by molar-refractivity contribution is 7.22. The monoisotopic (exact) mass is 300 g/mol. The molecule has 4 aromatic rings. The maximum absolute atomic E-state index is 4.64. The van der Waals surface area contributed by atoms with E-state index in [0.717, 1.165) is 26.8 Å². The molecule has 0 N–H and O–H groups in total. The first-order valence-corrected chi connectivity index (χ1v) is 8.02. The molecule has 1 aromatic carbocycles. The lowest BCUT2D eigenvalue weighted by atomic mass is 10.3. The predicted molar refractivity (Wildman–Crippen MR) is 80.7 cm³/mol. The van der Waals surface area contributed by atoms with E-state index in [2.05, 4.69) is 25.9 Å². The number of rotatable bonds is 2. The molecule has 0 aliphatic carbocycles. The number of hydrogen-bond donors (Lipinski definition) is 0. The molecule has 19 heavy (non-hydrogen) atoms. The van der Waals surface area contributed by atoms with Gasteiger partial charge in [0.05, 0.1) is 20.8 Å². The summed E-state index contributed by atoms with van der Waals surface area (Å²) in [6.07, 6.45) is 0. The second kappa shape index (κ2) is 4.48. The van der Waals surface area contributed by atoms with Gasteiger partial charge in [-0.05, 0) is 29.7 Å². The van der Waals surface area contributed by atoms with E-state index in [-0.39, 0.29) is 0 Å². The van der Waals surface area contributed by atoms with Crippen LogP contribution in [0.15, 0.2) is 35.7 Å². The van der Waals surface area contributed by atoms with Gasteiger partial charge in [-0.25, -0.2) is 9.97 Å². The van der Waals surface area contributed by atoms with Crippen molar-refractivity contribution in [2.24, 2.45) is 0 Å². The first-order valence-electron chi connectivity index (χ1n) is 5.55. The summed E-state index contributed by atoms with van der Waals surface area (Å²) >= 11 is 4.59. The van der Waals surface area contributed by atoms with Gasteiger partial charge in [0.15, 0.2) is 5.51 Å². The molecule has 91 valence electrons. The van der Waals surface area contributed by atoms with E-state index in [1.807, 2.05) is 29.6 Å². The number of benzene rings is 1. The Morgan fingerprint density at radius 1 is 1.11 bits per heavy atom. The van der Waals surface area contributed by atoms with E-state index in [9.17, 15) is 0 Å². The maximum Gasteiger partial charge on any atom is 0.153 e. The Morgan fingerprint density at radius 3 is 2.89 bits per heavy atom. The molecule has 0 aliphatic heterocycles. The molecule has 0 amide bonds. The molecule has 0 unspecified atom stereocenters. The number of fused-ring (bicyclic) bond motifs is 1.